The van der Waals surface area contributed by atoms with Crippen molar-refractivity contribution >= 4 is 29.2 Å². The first-order valence-corrected chi connectivity index (χ1v) is 7.11. The molecule has 0 radical (unpaired) electrons. The lowest BCUT2D eigenvalue weighted by Gasteiger charge is -2.14. The van der Waals surface area contributed by atoms with E-state index in [0.717, 1.165) is 0 Å². The molecule has 4 N–H and O–H groups in total. The van der Waals surface area contributed by atoms with E-state index in [-0.39, 0.29) is 32.8 Å². The molecule has 1 atom stereocenters. The molecule has 0 fully saturated rings. The van der Waals surface area contributed by atoms with E-state index in [2.05, 4.69) is 10.6 Å². The van der Waals surface area contributed by atoms with Crippen LogP contribution in [0.4, 0.5) is 5.69 Å². The number of carbonyl (C=O) groups is 2. The Kier molecular flexibility index (Phi) is 8.46. The summed E-state index contributed by atoms with van der Waals surface area (Å²) in [6, 6.07) is 5.67. The molecular formula is C14H19ClN2O5. The average Bonchev–Trinajstić information content (AvgIpc) is 2.48. The second kappa shape index (κ2) is 10.1. The lowest BCUT2D eigenvalue weighted by Crippen LogP contribution is -2.41. The Labute approximate surface area is 133 Å². The maximum atomic E-state index is 11.9. The third kappa shape index (κ3) is 6.86. The number of halogens is 1. The Balaban J connectivity index is 2.44. The number of benzene rings is 1. The fourth-order valence-electron chi connectivity index (χ4n) is 1.67. The van der Waals surface area contributed by atoms with E-state index in [1.165, 1.54) is 0 Å². The highest BCUT2D eigenvalue weighted by molar-refractivity contribution is 6.33. The number of para-hydroxylation sites is 1. The van der Waals surface area contributed by atoms with E-state index in [4.69, 9.17) is 26.6 Å². The summed E-state index contributed by atoms with van der Waals surface area (Å²) < 4.78 is 5.01. The summed E-state index contributed by atoms with van der Waals surface area (Å²) in [5.74, 6) is -1.58. The van der Waals surface area contributed by atoms with Gasteiger partial charge < -0.3 is 25.6 Å². The molecule has 1 unspecified atom stereocenters. The number of aliphatic hydroxyl groups is 1. The van der Waals surface area contributed by atoms with Gasteiger partial charge in [-0.3, -0.25) is 9.59 Å². The van der Waals surface area contributed by atoms with Crippen LogP contribution in [0.2, 0.25) is 5.02 Å². The summed E-state index contributed by atoms with van der Waals surface area (Å²) in [6.07, 6.45) is -0.236. The summed E-state index contributed by atoms with van der Waals surface area (Å²) in [5.41, 5.74) is 0.435. The molecule has 7 nitrogen and oxygen atoms in total. The minimum Gasteiger partial charge on any atom is -0.480 e. The number of carbonyl (C=O) groups excluding carboxylic acids is 1. The number of aliphatic hydroxyl groups excluding tert-OH is 1. The molecule has 1 aromatic carbocycles. The molecule has 0 aromatic heterocycles. The molecule has 0 heterocycles. The third-order valence-electron chi connectivity index (χ3n) is 2.71. The lowest BCUT2D eigenvalue weighted by atomic mass is 10.2. The van der Waals surface area contributed by atoms with Crippen LogP contribution in [0.5, 0.6) is 0 Å². The van der Waals surface area contributed by atoms with Gasteiger partial charge in [0.25, 0.3) is 0 Å². The Hall–Kier alpha value is -1.67. The van der Waals surface area contributed by atoms with Gasteiger partial charge in [-0.05, 0) is 12.1 Å². The highest BCUT2D eigenvalue weighted by atomic mass is 35.5. The van der Waals surface area contributed by atoms with Crippen LogP contribution in [0.1, 0.15) is 6.42 Å². The number of rotatable bonds is 10. The van der Waals surface area contributed by atoms with Gasteiger partial charge in [-0.15, -0.1) is 0 Å². The third-order valence-corrected chi connectivity index (χ3v) is 3.04. The van der Waals surface area contributed by atoms with Gasteiger partial charge in [0.15, 0.2) is 0 Å². The monoisotopic (exact) mass is 330 g/mol. The molecule has 1 rings (SSSR count). The first-order valence-electron chi connectivity index (χ1n) is 6.73. The van der Waals surface area contributed by atoms with E-state index in [1.807, 2.05) is 0 Å². The summed E-state index contributed by atoms with van der Waals surface area (Å²) in [5, 5.41) is 23.3. The van der Waals surface area contributed by atoms with E-state index >= 15 is 0 Å². The van der Waals surface area contributed by atoms with Crippen LogP contribution in [0.3, 0.4) is 0 Å². The van der Waals surface area contributed by atoms with Gasteiger partial charge in [0.1, 0.15) is 6.04 Å². The molecule has 0 saturated heterocycles. The fraction of sp³-hybridized carbons (Fsp3) is 0.429. The molecule has 0 aliphatic carbocycles. The molecule has 1 aromatic rings. The van der Waals surface area contributed by atoms with Gasteiger partial charge in [-0.2, -0.15) is 0 Å². The van der Waals surface area contributed by atoms with Crippen molar-refractivity contribution in [2.45, 2.75) is 12.5 Å². The smallest absolute Gasteiger partial charge is 0.321 e. The molecule has 0 aliphatic rings. The lowest BCUT2D eigenvalue weighted by molar-refractivity contribution is -0.141. The topological polar surface area (TPSA) is 108 Å². The first-order chi connectivity index (χ1) is 10.5. The normalized spacial score (nSPS) is 11.9. The Morgan fingerprint density at radius 3 is 2.64 bits per heavy atom. The second-order valence-electron chi connectivity index (χ2n) is 4.41. The van der Waals surface area contributed by atoms with E-state index in [0.29, 0.717) is 10.7 Å². The van der Waals surface area contributed by atoms with Crippen LogP contribution in [-0.4, -0.2) is 54.5 Å². The van der Waals surface area contributed by atoms with Crippen molar-refractivity contribution in [3.8, 4) is 0 Å². The zero-order chi connectivity index (χ0) is 16.4. The minimum atomic E-state index is -1.13. The number of amides is 1. The zero-order valence-corrected chi connectivity index (χ0v) is 12.7. The molecule has 122 valence electrons. The van der Waals surface area contributed by atoms with Gasteiger partial charge in [0.05, 0.1) is 37.0 Å². The van der Waals surface area contributed by atoms with Crippen molar-refractivity contribution < 1.29 is 24.5 Å². The van der Waals surface area contributed by atoms with Crippen molar-refractivity contribution in [2.75, 3.05) is 31.7 Å². The minimum absolute atomic E-state index is 0.0946. The summed E-state index contributed by atoms with van der Waals surface area (Å²) in [7, 11) is 0. The number of hydrogen-bond donors (Lipinski definition) is 4. The van der Waals surface area contributed by atoms with Crippen molar-refractivity contribution in [3.63, 3.8) is 0 Å². The number of ether oxygens (including phenoxy) is 1. The van der Waals surface area contributed by atoms with E-state index in [1.54, 1.807) is 24.3 Å². The predicted molar refractivity (Wildman–Crippen MR) is 82.0 cm³/mol. The van der Waals surface area contributed by atoms with Gasteiger partial charge in [-0.1, -0.05) is 23.7 Å². The maximum Gasteiger partial charge on any atom is 0.321 e. The second-order valence-corrected chi connectivity index (χ2v) is 4.82. The highest BCUT2D eigenvalue weighted by Gasteiger charge is 2.20. The van der Waals surface area contributed by atoms with Crippen LogP contribution in [0.15, 0.2) is 24.3 Å². The Bertz CT molecular complexity index is 498. The van der Waals surface area contributed by atoms with Crippen molar-refractivity contribution in [3.05, 3.63) is 29.3 Å². The number of carboxylic acids is 1. The van der Waals surface area contributed by atoms with E-state index in [9.17, 15) is 9.59 Å². The Morgan fingerprint density at radius 1 is 1.27 bits per heavy atom. The molecule has 1 amide bonds. The van der Waals surface area contributed by atoms with Gasteiger partial charge in [0, 0.05) is 6.54 Å². The standard InChI is InChI=1S/C14H19ClN2O5/c15-10-3-1-2-4-11(10)17-13(19)9-12(14(20)21)16-5-7-22-8-6-18/h1-4,12,16,18H,5-9H2,(H,17,19)(H,20,21). The van der Waals surface area contributed by atoms with Crippen LogP contribution < -0.4 is 10.6 Å². The Morgan fingerprint density at radius 2 is 2.00 bits per heavy atom. The van der Waals surface area contributed by atoms with Crippen molar-refractivity contribution in [1.82, 2.24) is 5.32 Å². The molecule has 0 aliphatic heterocycles. The fourth-order valence-corrected chi connectivity index (χ4v) is 1.85. The average molecular weight is 331 g/mol. The number of nitrogens with one attached hydrogen (secondary N) is 2. The largest absolute Gasteiger partial charge is 0.480 e. The number of aliphatic carboxylic acids is 1. The van der Waals surface area contributed by atoms with Gasteiger partial charge in [-0.25, -0.2) is 0 Å². The molecule has 0 saturated carbocycles. The van der Waals surface area contributed by atoms with Gasteiger partial charge >= 0.3 is 5.97 Å². The molecular weight excluding hydrogens is 312 g/mol. The van der Waals surface area contributed by atoms with Crippen LogP contribution in [-0.2, 0) is 14.3 Å². The van der Waals surface area contributed by atoms with Crippen LogP contribution >= 0.6 is 11.6 Å². The quantitative estimate of drug-likeness (QED) is 0.471. The number of carboxylic acid groups (broad SMARTS) is 1. The summed E-state index contributed by atoms with van der Waals surface area (Å²) in [6.45, 7) is 0.599. The van der Waals surface area contributed by atoms with E-state index < -0.39 is 17.9 Å². The SMILES string of the molecule is O=C(CC(NCCOCCO)C(=O)O)Nc1ccccc1Cl. The van der Waals surface area contributed by atoms with Gasteiger partial charge in [0.2, 0.25) is 5.91 Å². The summed E-state index contributed by atoms with van der Waals surface area (Å²) >= 11 is 5.92. The van der Waals surface area contributed by atoms with Crippen LogP contribution in [0, 0.1) is 0 Å². The first kappa shape index (κ1) is 18.4. The number of anilines is 1. The molecule has 8 heteroatoms. The number of hydrogen-bond acceptors (Lipinski definition) is 5. The molecule has 22 heavy (non-hydrogen) atoms. The van der Waals surface area contributed by atoms with Crippen LogP contribution in [0.25, 0.3) is 0 Å². The van der Waals surface area contributed by atoms with Crippen molar-refractivity contribution in [2.24, 2.45) is 0 Å². The maximum absolute atomic E-state index is 11.9. The predicted octanol–water partition coefficient (Wildman–Crippen LogP) is 0.720. The van der Waals surface area contributed by atoms with Crippen molar-refractivity contribution in [1.29, 1.82) is 0 Å². The highest BCUT2D eigenvalue weighted by Crippen LogP contribution is 2.20. The zero-order valence-electron chi connectivity index (χ0n) is 11.9. The summed E-state index contributed by atoms with van der Waals surface area (Å²) in [4.78, 5) is 23.0. The molecule has 0 bridgehead atoms. The molecule has 0 spiro atoms.